The van der Waals surface area contributed by atoms with Gasteiger partial charge in [0.2, 0.25) is 0 Å². The summed E-state index contributed by atoms with van der Waals surface area (Å²) in [6.45, 7) is 29.7. The lowest BCUT2D eigenvalue weighted by Crippen LogP contribution is -2.46. The van der Waals surface area contributed by atoms with Gasteiger partial charge in [-0.2, -0.15) is 0 Å². The number of carbonyl (C=O) groups excluding carboxylic acids is 4. The maximum Gasteiger partial charge on any atom is 0.410 e. The van der Waals surface area contributed by atoms with Gasteiger partial charge in [-0.1, -0.05) is 13.8 Å². The van der Waals surface area contributed by atoms with Crippen LogP contribution in [0.4, 0.5) is 19.2 Å². The van der Waals surface area contributed by atoms with E-state index in [0.29, 0.717) is 19.1 Å². The number of nitrogens with zero attached hydrogens (tertiary/aromatic N) is 4. The van der Waals surface area contributed by atoms with Gasteiger partial charge in [0.25, 0.3) is 0 Å². The van der Waals surface area contributed by atoms with Gasteiger partial charge in [0, 0.05) is 46.3 Å². The van der Waals surface area contributed by atoms with Crippen LogP contribution in [0.25, 0.3) is 0 Å². The van der Waals surface area contributed by atoms with Crippen molar-refractivity contribution in [2.45, 2.75) is 144 Å². The van der Waals surface area contributed by atoms with Gasteiger partial charge in [-0.25, -0.2) is 19.2 Å². The van der Waals surface area contributed by atoms with E-state index in [2.05, 4.69) is 17.6 Å². The Morgan fingerprint density at radius 3 is 1.35 bits per heavy atom. The molecule has 3 fully saturated rings. The second-order valence-electron chi connectivity index (χ2n) is 18.2. The summed E-state index contributed by atoms with van der Waals surface area (Å²) in [7, 11) is 5.29. The average molecular weight is 745 g/mol. The smallest absolute Gasteiger partial charge is 0.410 e. The van der Waals surface area contributed by atoms with Gasteiger partial charge >= 0.3 is 24.4 Å². The summed E-state index contributed by atoms with van der Waals surface area (Å²) >= 11 is 0. The van der Waals surface area contributed by atoms with Gasteiger partial charge in [-0.05, 0) is 109 Å². The van der Waals surface area contributed by atoms with Crippen LogP contribution in [0.15, 0.2) is 0 Å². The van der Waals surface area contributed by atoms with Crippen molar-refractivity contribution in [3.8, 4) is 0 Å². The number of hydrogen-bond donors (Lipinski definition) is 3. The second kappa shape index (κ2) is 18.8. The van der Waals surface area contributed by atoms with E-state index in [0.717, 1.165) is 12.5 Å². The molecule has 0 aromatic heterocycles. The van der Waals surface area contributed by atoms with Crippen molar-refractivity contribution < 1.29 is 43.2 Å². The number of aliphatic hydroxyl groups is 1. The van der Waals surface area contributed by atoms with Crippen LogP contribution in [-0.2, 0) is 18.9 Å². The molecule has 3 N–H and O–H groups in total. The van der Waals surface area contributed by atoms with E-state index >= 15 is 0 Å². The van der Waals surface area contributed by atoms with Gasteiger partial charge in [0.05, 0.1) is 24.7 Å². The summed E-state index contributed by atoms with van der Waals surface area (Å²) in [6, 6.07) is 0.125. The molecule has 3 saturated heterocycles. The van der Waals surface area contributed by atoms with E-state index in [9.17, 15) is 24.3 Å². The van der Waals surface area contributed by atoms with Crippen LogP contribution in [0.5, 0.6) is 0 Å². The number of carbonyl (C=O) groups is 4. The van der Waals surface area contributed by atoms with Gasteiger partial charge < -0.3 is 54.3 Å². The second-order valence-corrected chi connectivity index (χ2v) is 18.2. The minimum atomic E-state index is -0.829. The molecule has 0 unspecified atom stereocenters. The highest BCUT2D eigenvalue weighted by Gasteiger charge is 2.41. The molecule has 3 aliphatic rings. The number of aliphatic hydroxyl groups excluding tert-OH is 1. The number of rotatable bonds is 3. The van der Waals surface area contributed by atoms with Crippen LogP contribution in [0.1, 0.15) is 96.9 Å². The molecule has 3 rings (SSSR count). The lowest BCUT2D eigenvalue weighted by atomic mass is 10.1. The van der Waals surface area contributed by atoms with Crippen molar-refractivity contribution >= 4 is 24.4 Å². The van der Waals surface area contributed by atoms with Crippen molar-refractivity contribution in [3.63, 3.8) is 0 Å². The molecule has 0 spiro atoms. The highest BCUT2D eigenvalue weighted by atomic mass is 16.6. The van der Waals surface area contributed by atoms with Crippen LogP contribution in [0.2, 0.25) is 0 Å². The number of ether oxygens (including phenoxy) is 4. The summed E-state index contributed by atoms with van der Waals surface area (Å²) in [5.41, 5.74) is -2.26. The fourth-order valence-electron chi connectivity index (χ4n) is 5.69. The average Bonchev–Trinajstić information content (AvgIpc) is 3.67. The fraction of sp³-hybridized carbons (Fsp3) is 0.892. The molecule has 0 aromatic carbocycles. The molecule has 0 radical (unpaired) electrons. The summed E-state index contributed by atoms with van der Waals surface area (Å²) in [5.74, 6) is 0.977. The standard InChI is InChI=1S/C16H30N2O4.C15H28N2O5.C6H14N2/c1-11-9-18(14(20)22-16(5,6)7)10-12(11)17(8)13(19)21-15(2,3)4;1-14(2,3)21-12(19)16(7)10-8-17(9-11(10)18)13(20)22-15(4,5)6;1-5-3-8-4-6(5)7-2/h11-12H,9-10H2,1-8H3;10-11,18H,8-9H2,1-7H3;5-8H,3-4H2,1-2H3/t11-,12-;10-,11-;5-,6-/m000/s1. The van der Waals surface area contributed by atoms with E-state index in [1.165, 1.54) is 16.3 Å². The third-order valence-corrected chi connectivity index (χ3v) is 8.38. The van der Waals surface area contributed by atoms with Crippen molar-refractivity contribution in [1.82, 2.24) is 30.2 Å². The maximum absolute atomic E-state index is 12.2. The summed E-state index contributed by atoms with van der Waals surface area (Å²) in [4.78, 5) is 54.4. The Morgan fingerprint density at radius 2 is 1.00 bits per heavy atom. The molecule has 15 heteroatoms. The molecule has 0 saturated carbocycles. The van der Waals surface area contributed by atoms with Crippen molar-refractivity contribution in [1.29, 1.82) is 0 Å². The molecule has 0 aliphatic carbocycles. The third-order valence-electron chi connectivity index (χ3n) is 8.38. The SMILES string of the molecule is CN(C(=O)OC(C)(C)C)[C@H]1CN(C(=O)OC(C)(C)C)C[C@@H]1O.CN[C@H]1CNC[C@@H]1C.C[C@H]1CN(C(=O)OC(C)(C)C)C[C@@H]1N(C)C(=O)OC(C)(C)C. The zero-order valence-corrected chi connectivity index (χ0v) is 35.2. The van der Waals surface area contributed by atoms with Crippen LogP contribution in [0, 0.1) is 11.8 Å². The van der Waals surface area contributed by atoms with Gasteiger partial charge in [0.15, 0.2) is 0 Å². The summed E-state index contributed by atoms with van der Waals surface area (Å²) in [6.07, 6.45) is -2.55. The molecule has 6 atom stereocenters. The van der Waals surface area contributed by atoms with Crippen LogP contribution < -0.4 is 10.6 Å². The van der Waals surface area contributed by atoms with Crippen LogP contribution in [-0.4, -0.2) is 156 Å². The summed E-state index contributed by atoms with van der Waals surface area (Å²) in [5, 5.41) is 16.7. The molecule has 304 valence electrons. The Hall–Kier alpha value is -3.04. The molecule has 52 heavy (non-hydrogen) atoms. The first-order chi connectivity index (χ1) is 23.4. The van der Waals surface area contributed by atoms with E-state index in [-0.39, 0.29) is 37.2 Å². The Bertz CT molecular complexity index is 1090. The van der Waals surface area contributed by atoms with Crippen molar-refractivity contribution in [2.75, 3.05) is 60.4 Å². The number of likely N-dealkylation sites (tertiary alicyclic amines) is 2. The first kappa shape index (κ1) is 47.0. The quantitative estimate of drug-likeness (QED) is 0.342. The van der Waals surface area contributed by atoms with Crippen LogP contribution in [0.3, 0.4) is 0 Å². The van der Waals surface area contributed by atoms with Gasteiger partial charge in [-0.15, -0.1) is 0 Å². The first-order valence-electron chi connectivity index (χ1n) is 18.4. The number of nitrogens with one attached hydrogen (secondary N) is 2. The maximum atomic E-state index is 12.2. The zero-order valence-electron chi connectivity index (χ0n) is 35.2. The Labute approximate surface area is 313 Å². The molecule has 3 aliphatic heterocycles. The topological polar surface area (TPSA) is 162 Å². The predicted molar refractivity (Wildman–Crippen MR) is 201 cm³/mol. The zero-order chi connectivity index (χ0) is 40.6. The molecule has 3 heterocycles. The Balaban J connectivity index is 0.000000429. The van der Waals surface area contributed by atoms with Crippen molar-refractivity contribution in [3.05, 3.63) is 0 Å². The predicted octanol–water partition coefficient (Wildman–Crippen LogP) is 4.76. The van der Waals surface area contributed by atoms with Gasteiger partial charge in [0.1, 0.15) is 22.4 Å². The normalized spacial score (nSPS) is 24.9. The molecule has 0 aromatic rings. The Kier molecular flexibility index (Phi) is 17.0. The minimum Gasteiger partial charge on any atom is -0.444 e. The lowest BCUT2D eigenvalue weighted by Gasteiger charge is -2.30. The molecule has 4 amide bonds. The van der Waals surface area contributed by atoms with E-state index in [1.807, 2.05) is 55.5 Å². The highest BCUT2D eigenvalue weighted by Crippen LogP contribution is 2.25. The number of likely N-dealkylation sites (N-methyl/N-ethyl adjacent to an activating group) is 3. The monoisotopic (exact) mass is 745 g/mol. The van der Waals surface area contributed by atoms with Gasteiger partial charge in [-0.3, -0.25) is 0 Å². The number of amides is 4. The number of hydrogen-bond acceptors (Lipinski definition) is 11. The third kappa shape index (κ3) is 16.7. The first-order valence-corrected chi connectivity index (χ1v) is 18.4. The number of β-amino-alcohol motifs (C(OH)–C–C–N with tert-alkyl or cyclic N) is 1. The van der Waals surface area contributed by atoms with Crippen LogP contribution >= 0.6 is 0 Å². The van der Waals surface area contributed by atoms with E-state index in [1.54, 1.807) is 65.4 Å². The highest BCUT2D eigenvalue weighted by molar-refractivity contribution is 5.71. The van der Waals surface area contributed by atoms with E-state index < -0.39 is 46.7 Å². The molecule has 0 bridgehead atoms. The molecular weight excluding hydrogens is 672 g/mol. The van der Waals surface area contributed by atoms with Crippen molar-refractivity contribution in [2.24, 2.45) is 11.8 Å². The Morgan fingerprint density at radius 1 is 0.615 bits per heavy atom. The summed E-state index contributed by atoms with van der Waals surface area (Å²) < 4.78 is 21.3. The molecule has 15 nitrogen and oxygen atoms in total. The molecular formula is C37H72N6O9. The minimum absolute atomic E-state index is 0.0673. The lowest BCUT2D eigenvalue weighted by molar-refractivity contribution is 0.0107. The largest absolute Gasteiger partial charge is 0.444 e. The fourth-order valence-corrected chi connectivity index (χ4v) is 5.69. The van der Waals surface area contributed by atoms with E-state index in [4.69, 9.17) is 18.9 Å².